The molecule has 1 rings (SSSR count). The maximum Gasteiger partial charge on any atom is 0.281 e. The van der Waals surface area contributed by atoms with Crippen LogP contribution in [0.3, 0.4) is 0 Å². The van der Waals surface area contributed by atoms with Crippen LogP contribution in [0.1, 0.15) is 26.7 Å². The second kappa shape index (κ2) is 6.86. The first kappa shape index (κ1) is 18.6. The molecule has 0 saturated carbocycles. The maximum atomic E-state index is 12.3. The predicted molar refractivity (Wildman–Crippen MR) is 77.0 cm³/mol. The Labute approximate surface area is 122 Å². The van der Waals surface area contributed by atoms with Crippen molar-refractivity contribution >= 4 is 22.6 Å². The highest BCUT2D eigenvalue weighted by molar-refractivity contribution is 7.86. The molecule has 0 amide bonds. The predicted octanol–water partition coefficient (Wildman–Crippen LogP) is 0.558. The molecule has 1 saturated heterocycles. The summed E-state index contributed by atoms with van der Waals surface area (Å²) in [5.74, 6) is 0. The Morgan fingerprint density at radius 2 is 2.11 bits per heavy atom. The lowest BCUT2D eigenvalue weighted by molar-refractivity contribution is 0.150. The molecule has 8 heteroatoms. The van der Waals surface area contributed by atoms with Gasteiger partial charge in [0, 0.05) is 39.1 Å². The van der Waals surface area contributed by atoms with Gasteiger partial charge in [-0.15, -0.1) is 12.4 Å². The maximum absolute atomic E-state index is 12.3. The first-order chi connectivity index (χ1) is 8.21. The Morgan fingerprint density at radius 1 is 1.53 bits per heavy atom. The zero-order chi connectivity index (χ0) is 14.0. The van der Waals surface area contributed by atoms with Crippen molar-refractivity contribution in [1.82, 2.24) is 8.61 Å². The van der Waals surface area contributed by atoms with Crippen LogP contribution in [0.15, 0.2) is 0 Å². The van der Waals surface area contributed by atoms with Gasteiger partial charge in [0.05, 0.1) is 6.07 Å². The van der Waals surface area contributed by atoms with Gasteiger partial charge in [-0.3, -0.25) is 0 Å². The van der Waals surface area contributed by atoms with Gasteiger partial charge in [0.2, 0.25) is 0 Å². The third-order valence-electron chi connectivity index (χ3n) is 3.54. The van der Waals surface area contributed by atoms with Gasteiger partial charge in [0.1, 0.15) is 0 Å². The lowest BCUT2D eigenvalue weighted by Crippen LogP contribution is -2.56. The van der Waals surface area contributed by atoms with Gasteiger partial charge >= 0.3 is 0 Å². The third kappa shape index (κ3) is 4.29. The van der Waals surface area contributed by atoms with E-state index in [2.05, 4.69) is 0 Å². The highest BCUT2D eigenvalue weighted by Gasteiger charge is 2.39. The molecule has 0 bridgehead atoms. The fourth-order valence-electron chi connectivity index (χ4n) is 2.04. The standard InChI is InChI=1S/C11H22N4O2S.ClH/c1-11(2)9-15(8-5-10(11)13)18(16,17)14(3)7-4-6-12;/h10H,4-5,7-9,13H2,1-3H3;1H. The largest absolute Gasteiger partial charge is 0.327 e. The summed E-state index contributed by atoms with van der Waals surface area (Å²) in [4.78, 5) is 0. The number of nitriles is 1. The number of rotatable bonds is 4. The van der Waals surface area contributed by atoms with E-state index in [1.54, 1.807) is 0 Å². The molecule has 112 valence electrons. The normalized spacial score (nSPS) is 23.7. The second-order valence-corrected chi connectivity index (χ2v) is 7.49. The Hall–Kier alpha value is -0.390. The highest BCUT2D eigenvalue weighted by atomic mass is 35.5. The van der Waals surface area contributed by atoms with Crippen LogP contribution in [0.25, 0.3) is 0 Å². The Morgan fingerprint density at radius 3 is 2.58 bits per heavy atom. The summed E-state index contributed by atoms with van der Waals surface area (Å²) < 4.78 is 27.3. The molecule has 0 aromatic carbocycles. The molecule has 0 aromatic heterocycles. The molecule has 6 nitrogen and oxygen atoms in total. The van der Waals surface area contributed by atoms with Crippen molar-refractivity contribution in [3.63, 3.8) is 0 Å². The van der Waals surface area contributed by atoms with Crippen molar-refractivity contribution in [2.75, 3.05) is 26.7 Å². The molecular formula is C11H23ClN4O2S. The first-order valence-electron chi connectivity index (χ1n) is 6.06. The molecule has 2 N–H and O–H groups in total. The molecule has 1 aliphatic heterocycles. The molecule has 0 spiro atoms. The molecule has 19 heavy (non-hydrogen) atoms. The molecule has 0 radical (unpaired) electrons. The molecule has 1 atom stereocenters. The summed E-state index contributed by atoms with van der Waals surface area (Å²) in [6.45, 7) is 5.06. The fourth-order valence-corrected chi connectivity index (χ4v) is 3.59. The molecule has 0 aliphatic carbocycles. The zero-order valence-corrected chi connectivity index (χ0v) is 13.3. The number of nitrogens with two attached hydrogens (primary N) is 1. The van der Waals surface area contributed by atoms with E-state index in [1.807, 2.05) is 19.9 Å². The van der Waals surface area contributed by atoms with E-state index in [1.165, 1.54) is 15.7 Å². The molecule has 1 aliphatic rings. The fraction of sp³-hybridized carbons (Fsp3) is 0.909. The van der Waals surface area contributed by atoms with Crippen LogP contribution in [0.2, 0.25) is 0 Å². The minimum atomic E-state index is -3.47. The van der Waals surface area contributed by atoms with Crippen molar-refractivity contribution < 1.29 is 8.42 Å². The average Bonchev–Trinajstić information content (AvgIpc) is 2.29. The Kier molecular flexibility index (Phi) is 6.72. The smallest absolute Gasteiger partial charge is 0.281 e. The lowest BCUT2D eigenvalue weighted by atomic mass is 9.81. The van der Waals surface area contributed by atoms with Gasteiger partial charge in [-0.25, -0.2) is 0 Å². The van der Waals surface area contributed by atoms with Crippen molar-refractivity contribution in [3.05, 3.63) is 0 Å². The van der Waals surface area contributed by atoms with Crippen LogP contribution in [-0.2, 0) is 10.2 Å². The van der Waals surface area contributed by atoms with Crippen molar-refractivity contribution in [1.29, 1.82) is 5.26 Å². The molecular weight excluding hydrogens is 288 g/mol. The van der Waals surface area contributed by atoms with E-state index >= 15 is 0 Å². The zero-order valence-electron chi connectivity index (χ0n) is 11.7. The van der Waals surface area contributed by atoms with Gasteiger partial charge in [0.25, 0.3) is 10.2 Å². The van der Waals surface area contributed by atoms with Gasteiger partial charge in [0.15, 0.2) is 0 Å². The molecule has 1 heterocycles. The summed E-state index contributed by atoms with van der Waals surface area (Å²) in [7, 11) is -1.96. The van der Waals surface area contributed by atoms with Gasteiger partial charge in [-0.05, 0) is 11.8 Å². The highest BCUT2D eigenvalue weighted by Crippen LogP contribution is 2.29. The monoisotopic (exact) mass is 310 g/mol. The van der Waals surface area contributed by atoms with Crippen LogP contribution in [0.5, 0.6) is 0 Å². The molecule has 0 aromatic rings. The third-order valence-corrected chi connectivity index (χ3v) is 5.47. The SMILES string of the molecule is CN(CCC#N)S(=O)(=O)N1CCC(N)C(C)(C)C1.Cl. The summed E-state index contributed by atoms with van der Waals surface area (Å²) >= 11 is 0. The number of nitrogens with zero attached hydrogens (tertiary/aromatic N) is 3. The van der Waals surface area contributed by atoms with Crippen molar-refractivity contribution in [2.24, 2.45) is 11.1 Å². The van der Waals surface area contributed by atoms with Crippen molar-refractivity contribution in [3.8, 4) is 6.07 Å². The lowest BCUT2D eigenvalue weighted by Gasteiger charge is -2.42. The van der Waals surface area contributed by atoms with E-state index in [9.17, 15) is 8.42 Å². The number of hydrogen-bond donors (Lipinski definition) is 1. The van der Waals surface area contributed by atoms with Crippen LogP contribution >= 0.6 is 12.4 Å². The van der Waals surface area contributed by atoms with E-state index in [0.717, 1.165) is 0 Å². The van der Waals surface area contributed by atoms with Gasteiger partial charge in [-0.2, -0.15) is 22.3 Å². The van der Waals surface area contributed by atoms with E-state index in [4.69, 9.17) is 11.0 Å². The van der Waals surface area contributed by atoms with E-state index in [0.29, 0.717) is 19.5 Å². The summed E-state index contributed by atoms with van der Waals surface area (Å²) in [5.41, 5.74) is 5.78. The van der Waals surface area contributed by atoms with Gasteiger partial charge in [-0.1, -0.05) is 13.8 Å². The van der Waals surface area contributed by atoms with Crippen LogP contribution in [-0.4, -0.2) is 49.8 Å². The topological polar surface area (TPSA) is 90.4 Å². The number of halogens is 1. The summed E-state index contributed by atoms with van der Waals surface area (Å²) in [6, 6.07) is 1.97. The minimum Gasteiger partial charge on any atom is -0.327 e. The first-order valence-corrected chi connectivity index (χ1v) is 7.45. The number of piperidine rings is 1. The van der Waals surface area contributed by atoms with Crippen LogP contribution in [0.4, 0.5) is 0 Å². The number of hydrogen-bond acceptors (Lipinski definition) is 4. The minimum absolute atomic E-state index is 0. The van der Waals surface area contributed by atoms with Crippen LogP contribution < -0.4 is 5.73 Å². The summed E-state index contributed by atoms with van der Waals surface area (Å²) in [5, 5.41) is 8.51. The second-order valence-electron chi connectivity index (χ2n) is 5.45. The van der Waals surface area contributed by atoms with Crippen molar-refractivity contribution in [2.45, 2.75) is 32.7 Å². The summed E-state index contributed by atoms with van der Waals surface area (Å²) in [6.07, 6.45) is 0.866. The Bertz CT molecular complexity index is 432. The van der Waals surface area contributed by atoms with E-state index < -0.39 is 10.2 Å². The van der Waals surface area contributed by atoms with Gasteiger partial charge < -0.3 is 5.73 Å². The Balaban J connectivity index is 0.00000324. The molecule has 1 unspecified atom stereocenters. The van der Waals surface area contributed by atoms with E-state index in [-0.39, 0.29) is 36.8 Å². The van der Waals surface area contributed by atoms with Crippen LogP contribution in [0, 0.1) is 16.7 Å². The quantitative estimate of drug-likeness (QED) is 0.821. The molecule has 1 fully saturated rings. The average molecular weight is 311 g/mol.